The summed E-state index contributed by atoms with van der Waals surface area (Å²) < 4.78 is 31.3. The number of fused-ring (bicyclic) bond motifs is 1. The number of allylic oxidation sites excluding steroid dienone is 2. The number of nitrogens with zero attached hydrogens (tertiary/aromatic N) is 5. The van der Waals surface area contributed by atoms with Crippen molar-refractivity contribution in [2.24, 2.45) is 5.92 Å². The molecule has 1 unspecified atom stereocenters. The van der Waals surface area contributed by atoms with Gasteiger partial charge in [0.1, 0.15) is 22.1 Å². The van der Waals surface area contributed by atoms with Crippen LogP contribution in [-0.4, -0.2) is 49.4 Å². The van der Waals surface area contributed by atoms with Crippen molar-refractivity contribution in [2.75, 3.05) is 13.9 Å². The molecule has 10 nitrogen and oxygen atoms in total. The highest BCUT2D eigenvalue weighted by Crippen LogP contribution is 2.32. The number of rotatable bonds is 10. The SMILES string of the molecule is CCn1cncc1COC(=O)c1cc2[nH]c(CC3CC=C(c4ncc(F)c(OCOC)n4)CC3)nc2s1. The zero-order valence-electron chi connectivity index (χ0n) is 20.6. The zero-order valence-corrected chi connectivity index (χ0v) is 21.4. The second-order valence-corrected chi connectivity index (χ2v) is 9.76. The normalized spacial score (nSPS) is 15.6. The van der Waals surface area contributed by atoms with Gasteiger partial charge in [-0.15, -0.1) is 11.3 Å². The minimum absolute atomic E-state index is 0.0802. The molecular weight excluding hydrogens is 499 g/mol. The summed E-state index contributed by atoms with van der Waals surface area (Å²) in [6.45, 7) is 2.88. The van der Waals surface area contributed by atoms with Crippen molar-refractivity contribution in [1.82, 2.24) is 29.5 Å². The van der Waals surface area contributed by atoms with Crippen LogP contribution < -0.4 is 4.74 Å². The fraction of sp³-hybridized carbons (Fsp3) is 0.400. The number of nitrogens with one attached hydrogen (secondary N) is 1. The fourth-order valence-electron chi connectivity index (χ4n) is 4.29. The number of carbonyl (C=O) groups is 1. The van der Waals surface area contributed by atoms with Gasteiger partial charge in [-0.3, -0.25) is 0 Å². The first-order chi connectivity index (χ1) is 18.0. The molecule has 0 aliphatic heterocycles. The molecule has 1 aliphatic carbocycles. The highest BCUT2D eigenvalue weighted by atomic mass is 32.1. The predicted octanol–water partition coefficient (Wildman–Crippen LogP) is 4.54. The molecule has 0 saturated carbocycles. The van der Waals surface area contributed by atoms with Crippen LogP contribution in [0.4, 0.5) is 4.39 Å². The summed E-state index contributed by atoms with van der Waals surface area (Å²) >= 11 is 1.32. The number of methoxy groups -OCH3 is 1. The Labute approximate surface area is 216 Å². The number of H-pyrrole nitrogens is 1. The highest BCUT2D eigenvalue weighted by Gasteiger charge is 2.21. The van der Waals surface area contributed by atoms with E-state index in [-0.39, 0.29) is 25.2 Å². The third kappa shape index (κ3) is 5.70. The van der Waals surface area contributed by atoms with Crippen LogP contribution in [0.2, 0.25) is 0 Å². The Morgan fingerprint density at radius 3 is 2.97 bits per heavy atom. The maximum Gasteiger partial charge on any atom is 0.348 e. The first-order valence-electron chi connectivity index (χ1n) is 12.0. The van der Waals surface area contributed by atoms with E-state index in [2.05, 4.69) is 26.0 Å². The summed E-state index contributed by atoms with van der Waals surface area (Å²) in [5.74, 6) is 0.674. The Balaban J connectivity index is 1.17. The molecule has 0 fully saturated rings. The third-order valence-electron chi connectivity index (χ3n) is 6.23. The second kappa shape index (κ2) is 11.2. The predicted molar refractivity (Wildman–Crippen MR) is 135 cm³/mol. The van der Waals surface area contributed by atoms with E-state index < -0.39 is 5.82 Å². The Morgan fingerprint density at radius 2 is 2.22 bits per heavy atom. The monoisotopic (exact) mass is 526 g/mol. The lowest BCUT2D eigenvalue weighted by Gasteiger charge is -2.20. The molecule has 4 aromatic rings. The highest BCUT2D eigenvalue weighted by molar-refractivity contribution is 7.20. The smallest absolute Gasteiger partial charge is 0.348 e. The van der Waals surface area contributed by atoms with E-state index in [1.807, 2.05) is 11.5 Å². The summed E-state index contributed by atoms with van der Waals surface area (Å²) in [6.07, 6.45) is 9.99. The van der Waals surface area contributed by atoms with Gasteiger partial charge in [0, 0.05) is 20.1 Å². The molecule has 1 aliphatic rings. The van der Waals surface area contributed by atoms with E-state index in [1.165, 1.54) is 18.4 Å². The molecule has 5 rings (SSSR count). The van der Waals surface area contributed by atoms with Gasteiger partial charge in [-0.05, 0) is 43.7 Å². The number of halogens is 1. The molecule has 37 heavy (non-hydrogen) atoms. The third-order valence-corrected chi connectivity index (χ3v) is 7.24. The number of ether oxygens (including phenoxy) is 3. The number of imidazole rings is 2. The molecule has 0 bridgehead atoms. The Morgan fingerprint density at radius 1 is 1.32 bits per heavy atom. The minimum Gasteiger partial charge on any atom is -0.455 e. The summed E-state index contributed by atoms with van der Waals surface area (Å²) in [5, 5.41) is 0. The van der Waals surface area contributed by atoms with Gasteiger partial charge in [0.15, 0.2) is 12.6 Å². The van der Waals surface area contributed by atoms with E-state index in [1.54, 1.807) is 18.6 Å². The maximum atomic E-state index is 13.9. The average Bonchev–Trinajstić information content (AvgIpc) is 3.62. The topological polar surface area (TPSA) is 117 Å². The molecule has 1 N–H and O–H groups in total. The molecule has 4 aromatic heterocycles. The minimum atomic E-state index is -0.617. The van der Waals surface area contributed by atoms with Gasteiger partial charge in [0.2, 0.25) is 5.82 Å². The van der Waals surface area contributed by atoms with Crippen molar-refractivity contribution in [3.05, 3.63) is 58.9 Å². The largest absolute Gasteiger partial charge is 0.455 e. The van der Waals surface area contributed by atoms with Crippen LogP contribution in [0.25, 0.3) is 15.9 Å². The van der Waals surface area contributed by atoms with Gasteiger partial charge in [-0.2, -0.15) is 9.37 Å². The Hall–Kier alpha value is -3.64. The van der Waals surface area contributed by atoms with E-state index >= 15 is 0 Å². The lowest BCUT2D eigenvalue weighted by atomic mass is 9.87. The van der Waals surface area contributed by atoms with Crippen LogP contribution in [0.1, 0.15) is 53.2 Å². The number of aromatic amines is 1. The molecule has 0 radical (unpaired) electrons. The molecule has 12 heteroatoms. The summed E-state index contributed by atoms with van der Waals surface area (Å²) in [4.78, 5) is 34.3. The van der Waals surface area contributed by atoms with Gasteiger partial charge >= 0.3 is 5.97 Å². The van der Waals surface area contributed by atoms with Crippen LogP contribution in [0.5, 0.6) is 5.88 Å². The summed E-state index contributed by atoms with van der Waals surface area (Å²) in [7, 11) is 1.46. The van der Waals surface area contributed by atoms with Crippen LogP contribution in [0.3, 0.4) is 0 Å². The lowest BCUT2D eigenvalue weighted by Crippen LogP contribution is -2.11. The molecule has 4 heterocycles. The summed E-state index contributed by atoms with van der Waals surface area (Å²) in [6, 6.07) is 1.80. The fourth-order valence-corrected chi connectivity index (χ4v) is 5.20. The lowest BCUT2D eigenvalue weighted by molar-refractivity contribution is 0.0444. The second-order valence-electron chi connectivity index (χ2n) is 8.73. The molecule has 0 aromatic carbocycles. The molecule has 0 saturated heterocycles. The van der Waals surface area contributed by atoms with Crippen LogP contribution in [0, 0.1) is 11.7 Å². The number of carbonyl (C=O) groups excluding carboxylic acids is 1. The number of hydrogen-bond acceptors (Lipinski definition) is 9. The number of thiophene rings is 1. The zero-order chi connectivity index (χ0) is 25.8. The van der Waals surface area contributed by atoms with Crippen molar-refractivity contribution < 1.29 is 23.4 Å². The summed E-state index contributed by atoms with van der Waals surface area (Å²) in [5.41, 5.74) is 2.67. The van der Waals surface area contributed by atoms with Crippen LogP contribution >= 0.6 is 11.3 Å². The van der Waals surface area contributed by atoms with E-state index in [4.69, 9.17) is 19.2 Å². The first-order valence-corrected chi connectivity index (χ1v) is 12.8. The Kier molecular flexibility index (Phi) is 7.56. The quantitative estimate of drug-likeness (QED) is 0.237. The van der Waals surface area contributed by atoms with Gasteiger partial charge in [-0.1, -0.05) is 6.08 Å². The van der Waals surface area contributed by atoms with Gasteiger partial charge in [0.25, 0.3) is 5.88 Å². The number of aryl methyl sites for hydroxylation is 1. The van der Waals surface area contributed by atoms with Gasteiger partial charge in [-0.25, -0.2) is 19.7 Å². The molecular formula is C25H27FN6O4S. The average molecular weight is 527 g/mol. The Bertz CT molecular complexity index is 1400. The standard InChI is InChI=1S/C25H27FN6O4S/c1-3-32-13-27-10-17(32)12-35-25(33)20-9-19-24(37-20)30-21(29-19)8-15-4-6-16(7-5-15)22-28-11-18(26)23(31-22)36-14-34-2/h6,9-11,13,15H,3-5,7-8,12,14H2,1-2H3,(H,29,30). The van der Waals surface area contributed by atoms with Crippen molar-refractivity contribution in [3.8, 4) is 5.88 Å². The van der Waals surface area contributed by atoms with E-state index in [0.717, 1.165) is 65.9 Å². The van der Waals surface area contributed by atoms with Crippen molar-refractivity contribution in [2.45, 2.75) is 45.8 Å². The van der Waals surface area contributed by atoms with Crippen molar-refractivity contribution in [1.29, 1.82) is 0 Å². The van der Waals surface area contributed by atoms with E-state index in [0.29, 0.717) is 16.6 Å². The van der Waals surface area contributed by atoms with Gasteiger partial charge in [0.05, 0.1) is 29.9 Å². The van der Waals surface area contributed by atoms with Gasteiger partial charge < -0.3 is 23.8 Å². The molecule has 194 valence electrons. The van der Waals surface area contributed by atoms with E-state index in [9.17, 15) is 9.18 Å². The van der Waals surface area contributed by atoms with Crippen LogP contribution in [0.15, 0.2) is 30.9 Å². The molecule has 0 spiro atoms. The molecule has 1 atom stereocenters. The first kappa shape index (κ1) is 25.0. The number of esters is 1. The molecule has 0 amide bonds. The maximum absolute atomic E-state index is 13.9. The van der Waals surface area contributed by atoms with Crippen LogP contribution in [-0.2, 0) is 29.0 Å². The number of hydrogen-bond donors (Lipinski definition) is 1. The van der Waals surface area contributed by atoms with Crippen molar-refractivity contribution in [3.63, 3.8) is 0 Å². The van der Waals surface area contributed by atoms with Crippen molar-refractivity contribution >= 4 is 33.2 Å². The number of aromatic nitrogens is 6.